The van der Waals surface area contributed by atoms with Gasteiger partial charge in [-0.3, -0.25) is 9.89 Å². The fourth-order valence-electron chi connectivity index (χ4n) is 3.85. The predicted octanol–water partition coefficient (Wildman–Crippen LogP) is 3.85. The van der Waals surface area contributed by atoms with Crippen LogP contribution in [0.1, 0.15) is 35.3 Å². The quantitative estimate of drug-likeness (QED) is 0.361. The van der Waals surface area contributed by atoms with Gasteiger partial charge >= 0.3 is 5.97 Å². The van der Waals surface area contributed by atoms with Crippen molar-refractivity contribution < 1.29 is 18.7 Å². The maximum absolute atomic E-state index is 13.5. The van der Waals surface area contributed by atoms with Gasteiger partial charge < -0.3 is 9.64 Å². The minimum absolute atomic E-state index is 0.0747. The smallest absolute Gasteiger partial charge is 0.359 e. The number of aromatic amines is 1. The highest BCUT2D eigenvalue weighted by Gasteiger charge is 2.25. The molecule has 0 atom stereocenters. The Morgan fingerprint density at radius 3 is 2.53 bits per heavy atom. The number of nitriles is 1. The summed E-state index contributed by atoms with van der Waals surface area (Å²) >= 11 is 0. The number of ketones is 1. The van der Waals surface area contributed by atoms with Gasteiger partial charge in [0.2, 0.25) is 5.78 Å². The van der Waals surface area contributed by atoms with Crippen molar-refractivity contribution in [2.24, 2.45) is 0 Å². The fourth-order valence-corrected chi connectivity index (χ4v) is 3.85. The first-order chi connectivity index (χ1) is 15.6. The molecule has 32 heavy (non-hydrogen) atoms. The molecular weight excluding hydrogens is 411 g/mol. The van der Waals surface area contributed by atoms with E-state index in [0.29, 0.717) is 35.3 Å². The summed E-state index contributed by atoms with van der Waals surface area (Å²) in [7, 11) is 0. The van der Waals surface area contributed by atoms with Crippen molar-refractivity contribution in [1.82, 2.24) is 15.1 Å². The third-order valence-electron chi connectivity index (χ3n) is 5.42. The molecule has 1 N–H and O–H groups in total. The average molecular weight is 432 g/mol. The maximum Gasteiger partial charge on any atom is 0.359 e. The van der Waals surface area contributed by atoms with Gasteiger partial charge in [0.25, 0.3) is 0 Å². The van der Waals surface area contributed by atoms with Gasteiger partial charge in [-0.05, 0) is 55.2 Å². The molecule has 3 aromatic rings. The van der Waals surface area contributed by atoms with E-state index in [1.54, 1.807) is 36.4 Å². The zero-order valence-electron chi connectivity index (χ0n) is 17.3. The highest BCUT2D eigenvalue weighted by molar-refractivity contribution is 6.08. The third kappa shape index (κ3) is 4.37. The van der Waals surface area contributed by atoms with E-state index in [4.69, 9.17) is 4.74 Å². The number of nitrogens with one attached hydrogen (secondary N) is 1. The summed E-state index contributed by atoms with van der Waals surface area (Å²) in [6.07, 6.45) is 2.93. The molecule has 0 saturated carbocycles. The van der Waals surface area contributed by atoms with Crippen LogP contribution in [0, 0.1) is 17.1 Å². The monoisotopic (exact) mass is 432 g/mol. The van der Waals surface area contributed by atoms with Gasteiger partial charge in [0, 0.05) is 18.5 Å². The number of H-pyrrole nitrogens is 1. The summed E-state index contributed by atoms with van der Waals surface area (Å²) in [5.74, 6) is -1.78. The molecule has 0 aliphatic carbocycles. The lowest BCUT2D eigenvalue weighted by atomic mass is 10.00. The van der Waals surface area contributed by atoms with Crippen LogP contribution in [0.25, 0.3) is 16.6 Å². The van der Waals surface area contributed by atoms with Gasteiger partial charge in [0.05, 0.1) is 11.2 Å². The lowest BCUT2D eigenvalue weighted by molar-refractivity contribution is -0.118. The molecule has 0 spiro atoms. The number of fused-ring (bicyclic) bond motifs is 1. The van der Waals surface area contributed by atoms with Gasteiger partial charge in [-0.25, -0.2) is 9.18 Å². The molecule has 0 bridgehead atoms. The molecule has 2 aromatic carbocycles. The van der Waals surface area contributed by atoms with Crippen LogP contribution >= 0.6 is 0 Å². The van der Waals surface area contributed by atoms with E-state index in [1.165, 1.54) is 12.1 Å². The molecule has 7 nitrogen and oxygen atoms in total. The minimum Gasteiger partial charge on any atom is -0.452 e. The molecule has 162 valence electrons. The highest BCUT2D eigenvalue weighted by atomic mass is 19.1. The summed E-state index contributed by atoms with van der Waals surface area (Å²) in [4.78, 5) is 27.4. The lowest BCUT2D eigenvalue weighted by Crippen LogP contribution is -2.30. The van der Waals surface area contributed by atoms with E-state index >= 15 is 0 Å². The molecule has 4 rings (SSSR count). The second-order valence-corrected chi connectivity index (χ2v) is 7.51. The van der Waals surface area contributed by atoms with Crippen molar-refractivity contribution in [1.29, 1.82) is 5.26 Å². The number of ether oxygens (including phenoxy) is 1. The second-order valence-electron chi connectivity index (χ2n) is 7.51. The number of para-hydroxylation sites is 1. The first-order valence-electron chi connectivity index (χ1n) is 10.4. The number of hydrogen-bond donors (Lipinski definition) is 1. The molecule has 0 amide bonds. The Kier molecular flexibility index (Phi) is 6.26. The molecule has 1 aromatic heterocycles. The number of carbonyl (C=O) groups excluding carboxylic acids is 2. The number of hydrogen-bond acceptors (Lipinski definition) is 6. The summed E-state index contributed by atoms with van der Waals surface area (Å²) in [6.45, 7) is 0.774. The van der Waals surface area contributed by atoms with Crippen LogP contribution < -0.4 is 0 Å². The van der Waals surface area contributed by atoms with Crippen molar-refractivity contribution in [3.05, 3.63) is 71.2 Å². The Morgan fingerprint density at radius 1 is 1.09 bits per heavy atom. The summed E-state index contributed by atoms with van der Waals surface area (Å²) in [5, 5.41) is 17.1. The number of Topliss-reactive ketones (excluding diaryl/α,β-unsaturated/α-hetero) is 1. The Balaban J connectivity index is 1.59. The van der Waals surface area contributed by atoms with E-state index in [1.807, 2.05) is 11.0 Å². The number of benzene rings is 2. The molecular formula is C24H21FN4O3. The molecule has 0 unspecified atom stereocenters. The van der Waals surface area contributed by atoms with E-state index in [9.17, 15) is 19.2 Å². The second kappa shape index (κ2) is 9.43. The van der Waals surface area contributed by atoms with Crippen LogP contribution in [0.15, 0.2) is 54.1 Å². The van der Waals surface area contributed by atoms with Crippen LogP contribution in [-0.2, 0) is 9.53 Å². The van der Waals surface area contributed by atoms with Crippen molar-refractivity contribution in [2.45, 2.75) is 19.3 Å². The lowest BCUT2D eigenvalue weighted by Gasteiger charge is -2.32. The minimum atomic E-state index is -0.755. The molecule has 1 saturated heterocycles. The Morgan fingerprint density at radius 2 is 1.81 bits per heavy atom. The van der Waals surface area contributed by atoms with Gasteiger partial charge in [-0.2, -0.15) is 10.4 Å². The Hall–Kier alpha value is -3.99. The first kappa shape index (κ1) is 21.2. The average Bonchev–Trinajstić information content (AvgIpc) is 3.26. The molecule has 1 aliphatic rings. The zero-order chi connectivity index (χ0) is 22.5. The van der Waals surface area contributed by atoms with Gasteiger partial charge in [0.15, 0.2) is 12.3 Å². The van der Waals surface area contributed by atoms with Crippen LogP contribution in [0.5, 0.6) is 0 Å². The normalized spacial score (nSPS) is 14.6. The summed E-state index contributed by atoms with van der Waals surface area (Å²) in [6, 6.07) is 14.7. The zero-order valence-corrected chi connectivity index (χ0v) is 17.3. The number of likely N-dealkylation sites (tertiary alicyclic amines) is 1. The van der Waals surface area contributed by atoms with E-state index in [-0.39, 0.29) is 11.3 Å². The van der Waals surface area contributed by atoms with Gasteiger partial charge in [0.1, 0.15) is 17.5 Å². The number of halogens is 1. The third-order valence-corrected chi connectivity index (χ3v) is 5.42. The van der Waals surface area contributed by atoms with Crippen LogP contribution in [0.4, 0.5) is 4.39 Å². The number of aromatic nitrogens is 2. The number of rotatable bonds is 6. The van der Waals surface area contributed by atoms with Crippen LogP contribution in [0.2, 0.25) is 0 Å². The van der Waals surface area contributed by atoms with Crippen molar-refractivity contribution in [3.63, 3.8) is 0 Å². The largest absolute Gasteiger partial charge is 0.452 e. The van der Waals surface area contributed by atoms with Crippen LogP contribution in [-0.4, -0.2) is 46.5 Å². The van der Waals surface area contributed by atoms with E-state index < -0.39 is 24.2 Å². The number of nitrogens with zero attached hydrogens (tertiary/aromatic N) is 3. The van der Waals surface area contributed by atoms with Crippen LogP contribution in [0.3, 0.4) is 0 Å². The van der Waals surface area contributed by atoms with Gasteiger partial charge in [-0.15, -0.1) is 0 Å². The number of carbonyl (C=O) groups is 2. The van der Waals surface area contributed by atoms with E-state index in [2.05, 4.69) is 10.2 Å². The standard InChI is InChI=1S/C24H21FN4O3/c25-17-10-8-16(9-11-17)23(29-12-4-1-5-13-29)19(14-26)21(30)15-32-24(31)22-18-6-2-3-7-20(18)27-28-22/h2-3,6-11H,1,4-5,12-13,15H2,(H,27,28). The van der Waals surface area contributed by atoms with Crippen molar-refractivity contribution >= 4 is 28.4 Å². The molecule has 1 aliphatic heterocycles. The van der Waals surface area contributed by atoms with Crippen molar-refractivity contribution in [2.75, 3.05) is 19.7 Å². The van der Waals surface area contributed by atoms with E-state index in [0.717, 1.165) is 19.3 Å². The first-order valence-corrected chi connectivity index (χ1v) is 10.4. The van der Waals surface area contributed by atoms with Gasteiger partial charge in [-0.1, -0.05) is 18.2 Å². The number of piperidine rings is 1. The predicted molar refractivity (Wildman–Crippen MR) is 116 cm³/mol. The highest BCUT2D eigenvalue weighted by Crippen LogP contribution is 2.27. The fraction of sp³-hybridized carbons (Fsp3) is 0.250. The molecule has 0 radical (unpaired) electrons. The Labute approximate surface area is 184 Å². The summed E-state index contributed by atoms with van der Waals surface area (Å²) in [5.41, 5.74) is 1.65. The molecule has 8 heteroatoms. The molecule has 2 heterocycles. The topological polar surface area (TPSA) is 99.1 Å². The SMILES string of the molecule is N#CC(C(=O)COC(=O)c1n[nH]c2ccccc12)=C(c1ccc(F)cc1)N1CCCCC1. The Bertz CT molecular complexity index is 1220. The maximum atomic E-state index is 13.5. The van der Waals surface area contributed by atoms with Crippen molar-refractivity contribution in [3.8, 4) is 6.07 Å². The summed E-state index contributed by atoms with van der Waals surface area (Å²) < 4.78 is 18.7. The molecule has 1 fully saturated rings. The number of esters is 1.